The molecule has 0 aliphatic carbocycles. The molecule has 11 heteroatoms. The van der Waals surface area contributed by atoms with Gasteiger partial charge in [-0.3, -0.25) is 20.4 Å². The first-order chi connectivity index (χ1) is 14.4. The maximum atomic E-state index is 12.2. The Bertz CT molecular complexity index is 764. The lowest BCUT2D eigenvalue weighted by molar-refractivity contribution is -0.152. The Kier molecular flexibility index (Phi) is 8.88. The number of carboxylic acids is 2. The molecule has 164 valence electrons. The summed E-state index contributed by atoms with van der Waals surface area (Å²) in [7, 11) is 0. The van der Waals surface area contributed by atoms with Gasteiger partial charge in [0.25, 0.3) is 12.0 Å². The first kappa shape index (κ1) is 22.9. The first-order valence-corrected chi connectivity index (χ1v) is 9.49. The minimum Gasteiger partial charge on any atom is -0.479 e. The van der Waals surface area contributed by atoms with Crippen LogP contribution in [-0.4, -0.2) is 59.8 Å². The van der Waals surface area contributed by atoms with Crippen molar-refractivity contribution in [2.24, 2.45) is 5.92 Å². The van der Waals surface area contributed by atoms with Gasteiger partial charge in [-0.2, -0.15) is 0 Å². The molecule has 2 rings (SSSR count). The minimum atomic E-state index is -1.98. The molecule has 1 aliphatic heterocycles. The van der Waals surface area contributed by atoms with Crippen LogP contribution in [0.2, 0.25) is 0 Å². The summed E-state index contributed by atoms with van der Waals surface area (Å²) in [6.45, 7) is 1.16. The molecule has 30 heavy (non-hydrogen) atoms. The summed E-state index contributed by atoms with van der Waals surface area (Å²) in [5.41, 5.74) is 4.24. The SMILES string of the molecule is O=C(O)COc1ccccc1OC(C(=O)O)C(=O)NNC(=O)CCC1CCNCC1. The standard InChI is InChI=1S/C19H25N3O8/c23-15(6-5-12-7-9-20-10-8-12)21-22-18(26)17(19(27)28)30-14-4-2-1-3-13(14)29-11-16(24)25/h1-4,12,17,20H,5-11H2,(H,21,23)(H,22,26)(H,24,25)(H,27,28). The van der Waals surface area contributed by atoms with E-state index in [-0.39, 0.29) is 17.9 Å². The van der Waals surface area contributed by atoms with Gasteiger partial charge in [-0.25, -0.2) is 9.59 Å². The van der Waals surface area contributed by atoms with E-state index >= 15 is 0 Å². The topological polar surface area (TPSA) is 163 Å². The molecule has 1 unspecified atom stereocenters. The largest absolute Gasteiger partial charge is 0.479 e. The normalized spacial score (nSPS) is 14.9. The van der Waals surface area contributed by atoms with Crippen molar-refractivity contribution >= 4 is 23.8 Å². The third kappa shape index (κ3) is 7.59. The van der Waals surface area contributed by atoms with Gasteiger partial charge in [0.05, 0.1) is 0 Å². The lowest BCUT2D eigenvalue weighted by Crippen LogP contribution is -2.51. The number of amides is 2. The van der Waals surface area contributed by atoms with E-state index in [1.807, 2.05) is 5.43 Å². The number of carbonyl (C=O) groups excluding carboxylic acids is 2. The number of ether oxygens (including phenoxy) is 2. The van der Waals surface area contributed by atoms with Crippen LogP contribution in [0, 0.1) is 5.92 Å². The summed E-state index contributed by atoms with van der Waals surface area (Å²) in [5, 5.41) is 21.3. The molecule has 0 saturated carbocycles. The van der Waals surface area contributed by atoms with E-state index in [0.29, 0.717) is 12.3 Å². The highest BCUT2D eigenvalue weighted by molar-refractivity contribution is 6.00. The number of rotatable bonds is 10. The van der Waals surface area contributed by atoms with Crippen LogP contribution in [0.25, 0.3) is 0 Å². The van der Waals surface area contributed by atoms with Crippen LogP contribution in [-0.2, 0) is 19.2 Å². The van der Waals surface area contributed by atoms with E-state index in [9.17, 15) is 24.3 Å². The number of hydrogen-bond acceptors (Lipinski definition) is 7. The second-order valence-electron chi connectivity index (χ2n) is 6.73. The number of benzene rings is 1. The van der Waals surface area contributed by atoms with E-state index in [0.717, 1.165) is 25.9 Å². The van der Waals surface area contributed by atoms with Crippen molar-refractivity contribution in [3.8, 4) is 11.5 Å². The summed E-state index contributed by atoms with van der Waals surface area (Å²) < 4.78 is 10.2. The van der Waals surface area contributed by atoms with E-state index in [1.54, 1.807) is 0 Å². The zero-order valence-electron chi connectivity index (χ0n) is 16.3. The van der Waals surface area contributed by atoms with Gasteiger partial charge < -0.3 is 25.0 Å². The van der Waals surface area contributed by atoms with Gasteiger partial charge in [-0.1, -0.05) is 12.1 Å². The predicted octanol–water partition coefficient (Wildman–Crippen LogP) is -0.0908. The molecule has 0 spiro atoms. The van der Waals surface area contributed by atoms with Crippen molar-refractivity contribution < 1.29 is 38.9 Å². The van der Waals surface area contributed by atoms with Gasteiger partial charge in [0, 0.05) is 6.42 Å². The molecule has 1 aliphatic rings. The fourth-order valence-electron chi connectivity index (χ4n) is 2.91. The van der Waals surface area contributed by atoms with Crippen molar-refractivity contribution in [3.63, 3.8) is 0 Å². The molecule has 1 fully saturated rings. The lowest BCUT2D eigenvalue weighted by atomic mass is 9.93. The molecular formula is C19H25N3O8. The fourth-order valence-corrected chi connectivity index (χ4v) is 2.91. The number of carbonyl (C=O) groups is 4. The molecule has 1 saturated heterocycles. The van der Waals surface area contributed by atoms with Gasteiger partial charge in [0.2, 0.25) is 5.91 Å². The lowest BCUT2D eigenvalue weighted by Gasteiger charge is -2.22. The second kappa shape index (κ2) is 11.6. The Morgan fingerprint density at radius 3 is 2.37 bits per heavy atom. The van der Waals surface area contributed by atoms with Crippen molar-refractivity contribution in [1.29, 1.82) is 0 Å². The van der Waals surface area contributed by atoms with Gasteiger partial charge in [0.15, 0.2) is 18.1 Å². The van der Waals surface area contributed by atoms with Crippen LogP contribution < -0.4 is 25.6 Å². The molecule has 1 aromatic carbocycles. The molecule has 1 heterocycles. The maximum absolute atomic E-state index is 12.2. The molecule has 11 nitrogen and oxygen atoms in total. The Morgan fingerprint density at radius 2 is 1.73 bits per heavy atom. The molecule has 5 N–H and O–H groups in total. The highest BCUT2D eigenvalue weighted by Crippen LogP contribution is 2.27. The number of hydrogen-bond donors (Lipinski definition) is 5. The molecule has 0 radical (unpaired) electrons. The van der Waals surface area contributed by atoms with Crippen LogP contribution in [0.3, 0.4) is 0 Å². The average Bonchev–Trinajstić information content (AvgIpc) is 2.74. The molecule has 1 atom stereocenters. The first-order valence-electron chi connectivity index (χ1n) is 9.49. The van der Waals surface area contributed by atoms with Gasteiger partial charge >= 0.3 is 11.9 Å². The van der Waals surface area contributed by atoms with Gasteiger partial charge in [0.1, 0.15) is 0 Å². The fraction of sp³-hybridized carbons (Fsp3) is 0.474. The minimum absolute atomic E-state index is 0.0371. The zero-order chi connectivity index (χ0) is 21.9. The van der Waals surface area contributed by atoms with E-state index < -0.39 is 36.5 Å². The Balaban J connectivity index is 1.88. The summed E-state index contributed by atoms with van der Waals surface area (Å²) in [5.74, 6) is -4.08. The highest BCUT2D eigenvalue weighted by Gasteiger charge is 2.30. The van der Waals surface area contributed by atoms with E-state index in [4.69, 9.17) is 14.6 Å². The van der Waals surface area contributed by atoms with E-state index in [1.165, 1.54) is 24.3 Å². The Hall–Kier alpha value is -3.34. The van der Waals surface area contributed by atoms with Crippen molar-refractivity contribution in [3.05, 3.63) is 24.3 Å². The van der Waals surface area contributed by atoms with Crippen molar-refractivity contribution in [1.82, 2.24) is 16.2 Å². The number of nitrogens with one attached hydrogen (secondary N) is 3. The third-order valence-electron chi connectivity index (χ3n) is 4.47. The van der Waals surface area contributed by atoms with Gasteiger partial charge in [-0.05, 0) is 50.4 Å². The molecular weight excluding hydrogens is 398 g/mol. The molecule has 1 aromatic rings. The Morgan fingerprint density at radius 1 is 1.07 bits per heavy atom. The van der Waals surface area contributed by atoms with Crippen molar-refractivity contribution in [2.45, 2.75) is 31.8 Å². The summed E-state index contributed by atoms with van der Waals surface area (Å²) in [6, 6.07) is 5.74. The second-order valence-corrected chi connectivity index (χ2v) is 6.73. The van der Waals surface area contributed by atoms with Crippen LogP contribution >= 0.6 is 0 Å². The summed E-state index contributed by atoms with van der Waals surface area (Å²) in [6.07, 6.45) is 0.867. The molecule has 2 amide bonds. The highest BCUT2D eigenvalue weighted by atomic mass is 16.6. The van der Waals surface area contributed by atoms with Crippen LogP contribution in [0.15, 0.2) is 24.3 Å². The van der Waals surface area contributed by atoms with Crippen LogP contribution in [0.4, 0.5) is 0 Å². The van der Waals surface area contributed by atoms with Gasteiger partial charge in [-0.15, -0.1) is 0 Å². The van der Waals surface area contributed by atoms with E-state index in [2.05, 4.69) is 10.7 Å². The number of aliphatic carboxylic acids is 2. The van der Waals surface area contributed by atoms with Crippen molar-refractivity contribution in [2.75, 3.05) is 19.7 Å². The average molecular weight is 423 g/mol. The quantitative estimate of drug-likeness (QED) is 0.256. The number of para-hydroxylation sites is 2. The molecule has 0 bridgehead atoms. The summed E-state index contributed by atoms with van der Waals surface area (Å²) >= 11 is 0. The predicted molar refractivity (Wildman–Crippen MR) is 103 cm³/mol. The smallest absolute Gasteiger partial charge is 0.355 e. The zero-order valence-corrected chi connectivity index (χ0v) is 16.3. The maximum Gasteiger partial charge on any atom is 0.355 e. The number of carboxylic acid groups (broad SMARTS) is 2. The molecule has 0 aromatic heterocycles. The number of piperidine rings is 1. The van der Waals surface area contributed by atoms with Crippen LogP contribution in [0.5, 0.6) is 11.5 Å². The monoisotopic (exact) mass is 423 g/mol. The summed E-state index contributed by atoms with van der Waals surface area (Å²) in [4.78, 5) is 46.3. The third-order valence-corrected chi connectivity index (χ3v) is 4.47. The number of hydrazine groups is 1. The van der Waals surface area contributed by atoms with Crippen LogP contribution in [0.1, 0.15) is 25.7 Å². The Labute approximate surface area is 172 Å².